The van der Waals surface area contributed by atoms with Crippen molar-refractivity contribution in [3.63, 3.8) is 0 Å². The normalized spacial score (nSPS) is 19.2. The molecule has 5 rings (SSSR count). The number of aryl methyl sites for hydroxylation is 1. The van der Waals surface area contributed by atoms with Gasteiger partial charge in [0.05, 0.1) is 28.3 Å². The third-order valence-electron chi connectivity index (χ3n) is 8.06. The van der Waals surface area contributed by atoms with Gasteiger partial charge in [0.2, 0.25) is 10.0 Å². The zero-order valence-electron chi connectivity index (χ0n) is 23.5. The van der Waals surface area contributed by atoms with Crippen LogP contribution in [0.2, 0.25) is 0 Å². The molecule has 2 aromatic carbocycles. The van der Waals surface area contributed by atoms with Crippen LogP contribution in [0.3, 0.4) is 0 Å². The van der Waals surface area contributed by atoms with Gasteiger partial charge in [-0.2, -0.15) is 4.31 Å². The maximum Gasteiger partial charge on any atom is 0.260 e. The predicted octanol–water partition coefficient (Wildman–Crippen LogP) is 5.18. The van der Waals surface area contributed by atoms with Crippen molar-refractivity contribution in [3.05, 3.63) is 53.6 Å². The highest BCUT2D eigenvalue weighted by Gasteiger charge is 2.32. The van der Waals surface area contributed by atoms with Crippen LogP contribution in [0.1, 0.15) is 61.9 Å². The van der Waals surface area contributed by atoms with Gasteiger partial charge >= 0.3 is 0 Å². The standard InChI is InChI=1S/C30H40N4O4S2/c1-3-23-9-7-11-27-28(23)31-30(39-27)33(17-8-16-32-19-21-38-22-20-32)29(35)24-12-14-26(15-13-24)40(36,37)34-18-6-5-10-25(34)4-2/h7,9,11-15,25H,3-6,8,10,16-22H2,1-2H3. The van der Waals surface area contributed by atoms with Crippen molar-refractivity contribution in [1.29, 1.82) is 0 Å². The minimum atomic E-state index is -3.61. The number of nitrogens with zero attached hydrogens (tertiary/aromatic N) is 4. The summed E-state index contributed by atoms with van der Waals surface area (Å²) in [6, 6.07) is 12.7. The average Bonchev–Trinajstić information content (AvgIpc) is 3.44. The molecule has 10 heteroatoms. The first-order valence-corrected chi connectivity index (χ1v) is 16.8. The highest BCUT2D eigenvalue weighted by Crippen LogP contribution is 2.33. The Bertz CT molecular complexity index is 1400. The largest absolute Gasteiger partial charge is 0.379 e. The summed E-state index contributed by atoms with van der Waals surface area (Å²) in [5.74, 6) is -0.160. The van der Waals surface area contributed by atoms with Crippen molar-refractivity contribution < 1.29 is 17.9 Å². The van der Waals surface area contributed by atoms with Crippen molar-refractivity contribution in [2.75, 3.05) is 50.8 Å². The summed E-state index contributed by atoms with van der Waals surface area (Å²) in [7, 11) is -3.61. The monoisotopic (exact) mass is 584 g/mol. The van der Waals surface area contributed by atoms with E-state index in [2.05, 4.69) is 24.0 Å². The average molecular weight is 585 g/mol. The quantitative estimate of drug-likeness (QED) is 0.327. The third-order valence-corrected chi connectivity index (χ3v) is 11.1. The molecule has 1 aromatic heterocycles. The number of carbonyl (C=O) groups excluding carboxylic acids is 1. The van der Waals surface area contributed by atoms with Gasteiger partial charge in [0.15, 0.2) is 5.13 Å². The number of morpholine rings is 1. The summed E-state index contributed by atoms with van der Waals surface area (Å²) in [6.07, 6.45) is 5.32. The second-order valence-electron chi connectivity index (χ2n) is 10.6. The Hall–Kier alpha value is -2.37. The lowest BCUT2D eigenvalue weighted by molar-refractivity contribution is 0.0376. The van der Waals surface area contributed by atoms with Crippen LogP contribution in [0.4, 0.5) is 5.13 Å². The Morgan fingerprint density at radius 2 is 1.85 bits per heavy atom. The lowest BCUT2D eigenvalue weighted by Crippen LogP contribution is -2.43. The number of para-hydroxylation sites is 1. The Balaban J connectivity index is 1.39. The van der Waals surface area contributed by atoms with Crippen LogP contribution < -0.4 is 4.90 Å². The Labute approximate surface area is 242 Å². The van der Waals surface area contributed by atoms with Gasteiger partial charge in [-0.25, -0.2) is 13.4 Å². The van der Waals surface area contributed by atoms with Crippen LogP contribution in [0, 0.1) is 0 Å². The summed E-state index contributed by atoms with van der Waals surface area (Å²) in [6.45, 7) is 9.41. The molecule has 1 amide bonds. The highest BCUT2D eigenvalue weighted by molar-refractivity contribution is 7.89. The number of hydrogen-bond acceptors (Lipinski definition) is 7. The number of anilines is 1. The van der Waals surface area contributed by atoms with E-state index in [0.29, 0.717) is 23.8 Å². The molecule has 2 fully saturated rings. The first-order chi connectivity index (χ1) is 19.4. The van der Waals surface area contributed by atoms with E-state index in [-0.39, 0.29) is 16.8 Å². The first kappa shape index (κ1) is 29.1. The number of aromatic nitrogens is 1. The minimum Gasteiger partial charge on any atom is -0.379 e. The number of fused-ring (bicyclic) bond motifs is 1. The summed E-state index contributed by atoms with van der Waals surface area (Å²) in [5, 5.41) is 0.679. The number of sulfonamides is 1. The number of piperidine rings is 1. The van der Waals surface area contributed by atoms with Gasteiger partial charge in [0.1, 0.15) is 0 Å². The molecule has 2 saturated heterocycles. The van der Waals surface area contributed by atoms with E-state index in [1.807, 2.05) is 13.0 Å². The molecule has 1 unspecified atom stereocenters. The summed E-state index contributed by atoms with van der Waals surface area (Å²) >= 11 is 1.53. The number of ether oxygens (including phenoxy) is 1. The van der Waals surface area contributed by atoms with Gasteiger partial charge in [-0.1, -0.05) is 43.7 Å². The third kappa shape index (κ3) is 6.26. The molecule has 216 valence electrons. The number of carbonyl (C=O) groups is 1. The molecule has 3 aromatic rings. The van der Waals surface area contributed by atoms with Crippen molar-refractivity contribution in [1.82, 2.24) is 14.2 Å². The van der Waals surface area contributed by atoms with E-state index in [0.717, 1.165) is 81.6 Å². The molecule has 2 aliphatic heterocycles. The lowest BCUT2D eigenvalue weighted by atomic mass is 10.0. The van der Waals surface area contributed by atoms with Crippen LogP contribution in [0.15, 0.2) is 47.4 Å². The van der Waals surface area contributed by atoms with Gasteiger partial charge in [-0.3, -0.25) is 14.6 Å². The zero-order valence-corrected chi connectivity index (χ0v) is 25.2. The molecule has 40 heavy (non-hydrogen) atoms. The van der Waals surface area contributed by atoms with E-state index in [4.69, 9.17) is 9.72 Å². The predicted molar refractivity (Wildman–Crippen MR) is 161 cm³/mol. The van der Waals surface area contributed by atoms with E-state index >= 15 is 0 Å². The Kier molecular flexibility index (Phi) is 9.53. The van der Waals surface area contributed by atoms with Crippen LogP contribution in [0.5, 0.6) is 0 Å². The molecule has 0 aliphatic carbocycles. The van der Waals surface area contributed by atoms with Gasteiger partial charge in [0, 0.05) is 44.3 Å². The molecule has 0 N–H and O–H groups in total. The molecule has 0 spiro atoms. The van der Waals surface area contributed by atoms with Crippen LogP contribution in [0.25, 0.3) is 10.2 Å². The van der Waals surface area contributed by atoms with E-state index in [9.17, 15) is 13.2 Å². The SMILES string of the molecule is CCc1cccc2sc(N(CCCN3CCOCC3)C(=O)c3ccc(S(=O)(=O)N4CCCCC4CC)cc3)nc12. The fourth-order valence-electron chi connectivity index (χ4n) is 5.71. The smallest absolute Gasteiger partial charge is 0.260 e. The number of rotatable bonds is 10. The van der Waals surface area contributed by atoms with E-state index in [1.54, 1.807) is 33.5 Å². The molecule has 0 saturated carbocycles. The molecule has 2 aliphatic rings. The second-order valence-corrected chi connectivity index (χ2v) is 13.5. The maximum atomic E-state index is 13.9. The lowest BCUT2D eigenvalue weighted by Gasteiger charge is -2.34. The zero-order chi connectivity index (χ0) is 28.1. The molecular weight excluding hydrogens is 544 g/mol. The Morgan fingerprint density at radius 3 is 2.58 bits per heavy atom. The van der Waals surface area contributed by atoms with Crippen molar-refractivity contribution in [3.8, 4) is 0 Å². The number of amides is 1. The number of benzene rings is 2. The van der Waals surface area contributed by atoms with Crippen LogP contribution >= 0.6 is 11.3 Å². The summed E-state index contributed by atoms with van der Waals surface area (Å²) in [5.41, 5.74) is 2.58. The molecule has 1 atom stereocenters. The summed E-state index contributed by atoms with van der Waals surface area (Å²) < 4.78 is 35.1. The van der Waals surface area contributed by atoms with E-state index < -0.39 is 10.0 Å². The second kappa shape index (κ2) is 13.1. The highest BCUT2D eigenvalue weighted by atomic mass is 32.2. The Morgan fingerprint density at radius 1 is 1.07 bits per heavy atom. The van der Waals surface area contributed by atoms with Crippen LogP contribution in [-0.4, -0.2) is 80.5 Å². The van der Waals surface area contributed by atoms with Gasteiger partial charge < -0.3 is 4.74 Å². The van der Waals surface area contributed by atoms with Crippen molar-refractivity contribution in [2.24, 2.45) is 0 Å². The van der Waals surface area contributed by atoms with Gasteiger partial charge in [-0.15, -0.1) is 0 Å². The number of thiazole rings is 1. The summed E-state index contributed by atoms with van der Waals surface area (Å²) in [4.78, 5) is 23.2. The minimum absolute atomic E-state index is 0.0362. The molecular formula is C30H40N4O4S2. The molecule has 0 radical (unpaired) electrons. The van der Waals surface area contributed by atoms with Gasteiger partial charge in [0.25, 0.3) is 5.91 Å². The fraction of sp³-hybridized carbons (Fsp3) is 0.533. The molecule has 8 nitrogen and oxygen atoms in total. The van der Waals surface area contributed by atoms with Gasteiger partial charge in [-0.05, 0) is 68.0 Å². The topological polar surface area (TPSA) is 83.0 Å². The first-order valence-electron chi connectivity index (χ1n) is 14.5. The fourth-order valence-corrected chi connectivity index (χ4v) is 8.52. The van der Waals surface area contributed by atoms with Crippen molar-refractivity contribution >= 4 is 42.6 Å². The number of hydrogen-bond donors (Lipinski definition) is 0. The van der Waals surface area contributed by atoms with Crippen LogP contribution in [-0.2, 0) is 21.2 Å². The van der Waals surface area contributed by atoms with E-state index in [1.165, 1.54) is 16.9 Å². The van der Waals surface area contributed by atoms with Crippen molar-refractivity contribution in [2.45, 2.75) is 63.3 Å². The molecule has 0 bridgehead atoms. The molecule has 3 heterocycles. The maximum absolute atomic E-state index is 13.9.